The van der Waals surface area contributed by atoms with Gasteiger partial charge in [0.25, 0.3) is 5.91 Å². The topological polar surface area (TPSA) is 47.6 Å². The van der Waals surface area contributed by atoms with E-state index in [9.17, 15) is 4.79 Å². The molecule has 2 N–H and O–H groups in total. The second kappa shape index (κ2) is 12.4. The predicted octanol–water partition coefficient (Wildman–Crippen LogP) is 5.40. The van der Waals surface area contributed by atoms with Crippen LogP contribution in [0, 0.1) is 0 Å². The van der Waals surface area contributed by atoms with E-state index in [1.54, 1.807) is 0 Å². The highest BCUT2D eigenvalue weighted by Gasteiger charge is 2.25. The standard InChI is InChI=1S/C32H40N4O/c1-25(27-10-6-3-7-11-27)33-32(37)28-12-14-31(15-13-28)36-22-18-30(19-23-36)34-29-16-20-35(21-17-29)24-26-8-4-2-5-9-26/h2-15,25,29-30,34H,16-24H2,1H3,(H,33,37)/t25-/m0/s1. The van der Waals surface area contributed by atoms with Crippen molar-refractivity contribution in [2.45, 2.75) is 57.3 Å². The quantitative estimate of drug-likeness (QED) is 0.438. The summed E-state index contributed by atoms with van der Waals surface area (Å²) in [6.45, 7) is 7.55. The van der Waals surface area contributed by atoms with E-state index in [0.717, 1.165) is 25.2 Å². The van der Waals surface area contributed by atoms with Gasteiger partial charge < -0.3 is 15.5 Å². The molecule has 0 unspecified atom stereocenters. The zero-order valence-corrected chi connectivity index (χ0v) is 22.0. The molecule has 5 nitrogen and oxygen atoms in total. The zero-order valence-electron chi connectivity index (χ0n) is 22.0. The molecule has 0 spiro atoms. The van der Waals surface area contributed by atoms with E-state index in [-0.39, 0.29) is 11.9 Å². The molecule has 5 rings (SSSR count). The van der Waals surface area contributed by atoms with Crippen molar-refractivity contribution in [3.8, 4) is 0 Å². The Kier molecular flexibility index (Phi) is 8.54. The fourth-order valence-electron chi connectivity index (χ4n) is 5.67. The van der Waals surface area contributed by atoms with E-state index < -0.39 is 0 Å². The Morgan fingerprint density at radius 1 is 0.784 bits per heavy atom. The van der Waals surface area contributed by atoms with Crippen LogP contribution in [0.15, 0.2) is 84.9 Å². The normalized spacial score (nSPS) is 18.5. The maximum absolute atomic E-state index is 12.7. The van der Waals surface area contributed by atoms with E-state index in [4.69, 9.17) is 0 Å². The first-order valence-electron chi connectivity index (χ1n) is 13.9. The number of carbonyl (C=O) groups is 1. The average molecular weight is 497 g/mol. The van der Waals surface area contributed by atoms with Gasteiger partial charge in [-0.15, -0.1) is 0 Å². The average Bonchev–Trinajstić information content (AvgIpc) is 2.95. The van der Waals surface area contributed by atoms with Gasteiger partial charge in [0.05, 0.1) is 6.04 Å². The molecule has 5 heteroatoms. The number of nitrogens with one attached hydrogen (secondary N) is 2. The molecule has 2 saturated heterocycles. The van der Waals surface area contributed by atoms with E-state index in [0.29, 0.717) is 17.6 Å². The molecule has 0 bridgehead atoms. The highest BCUT2D eigenvalue weighted by Crippen LogP contribution is 2.23. The minimum Gasteiger partial charge on any atom is -0.371 e. The van der Waals surface area contributed by atoms with E-state index >= 15 is 0 Å². The number of hydrogen-bond acceptors (Lipinski definition) is 4. The van der Waals surface area contributed by atoms with Crippen molar-refractivity contribution in [2.24, 2.45) is 0 Å². The van der Waals surface area contributed by atoms with E-state index in [1.807, 2.05) is 49.4 Å². The molecule has 2 aliphatic rings. The Labute approximate surface area is 221 Å². The molecule has 37 heavy (non-hydrogen) atoms. The van der Waals surface area contributed by atoms with Crippen LogP contribution in [0.25, 0.3) is 0 Å². The van der Waals surface area contributed by atoms with Crippen LogP contribution in [-0.4, -0.2) is 49.1 Å². The van der Waals surface area contributed by atoms with Crippen molar-refractivity contribution < 1.29 is 4.79 Å². The maximum Gasteiger partial charge on any atom is 0.251 e. The van der Waals surface area contributed by atoms with Crippen molar-refractivity contribution >= 4 is 11.6 Å². The van der Waals surface area contributed by atoms with Crippen molar-refractivity contribution in [1.29, 1.82) is 0 Å². The van der Waals surface area contributed by atoms with Crippen molar-refractivity contribution in [3.63, 3.8) is 0 Å². The molecule has 2 aliphatic heterocycles. The molecule has 3 aromatic carbocycles. The van der Waals surface area contributed by atoms with Gasteiger partial charge in [0, 0.05) is 43.0 Å². The van der Waals surface area contributed by atoms with Gasteiger partial charge in [-0.1, -0.05) is 60.7 Å². The van der Waals surface area contributed by atoms with Crippen LogP contribution >= 0.6 is 0 Å². The lowest BCUT2D eigenvalue weighted by atomic mass is 9.98. The van der Waals surface area contributed by atoms with Crippen LogP contribution in [0.3, 0.4) is 0 Å². The summed E-state index contributed by atoms with van der Waals surface area (Å²) in [7, 11) is 0. The molecular weight excluding hydrogens is 456 g/mol. The van der Waals surface area contributed by atoms with E-state index in [1.165, 1.54) is 50.0 Å². The largest absolute Gasteiger partial charge is 0.371 e. The van der Waals surface area contributed by atoms with Gasteiger partial charge in [0.15, 0.2) is 0 Å². The minimum absolute atomic E-state index is 0.0176. The summed E-state index contributed by atoms with van der Waals surface area (Å²) in [5.41, 5.74) is 4.44. The first-order chi connectivity index (χ1) is 18.1. The summed E-state index contributed by atoms with van der Waals surface area (Å²) >= 11 is 0. The number of nitrogens with zero attached hydrogens (tertiary/aromatic N) is 2. The number of benzene rings is 3. The number of rotatable bonds is 8. The molecular formula is C32H40N4O. The van der Waals surface area contributed by atoms with Crippen LogP contribution in [-0.2, 0) is 6.54 Å². The molecule has 3 aromatic rings. The fourth-order valence-corrected chi connectivity index (χ4v) is 5.67. The third-order valence-electron chi connectivity index (χ3n) is 7.94. The molecule has 2 heterocycles. The maximum atomic E-state index is 12.7. The summed E-state index contributed by atoms with van der Waals surface area (Å²) in [5, 5.41) is 7.07. The number of carbonyl (C=O) groups excluding carboxylic acids is 1. The van der Waals surface area contributed by atoms with Gasteiger partial charge in [0.1, 0.15) is 0 Å². The van der Waals surface area contributed by atoms with Crippen LogP contribution in [0.5, 0.6) is 0 Å². The summed E-state index contributed by atoms with van der Waals surface area (Å²) in [6, 6.07) is 30.2. The Bertz CT molecular complexity index is 1100. The number of amides is 1. The van der Waals surface area contributed by atoms with Gasteiger partial charge in [-0.2, -0.15) is 0 Å². The Morgan fingerprint density at radius 2 is 1.35 bits per heavy atom. The minimum atomic E-state index is -0.0272. The zero-order chi connectivity index (χ0) is 25.5. The molecule has 0 radical (unpaired) electrons. The second-order valence-electron chi connectivity index (χ2n) is 10.6. The number of likely N-dealkylation sites (tertiary alicyclic amines) is 1. The van der Waals surface area contributed by atoms with Crippen LogP contribution in [0.2, 0.25) is 0 Å². The smallest absolute Gasteiger partial charge is 0.251 e. The molecule has 0 aromatic heterocycles. The summed E-state index contributed by atoms with van der Waals surface area (Å²) in [5.74, 6) is -0.0272. The van der Waals surface area contributed by atoms with Gasteiger partial charge in [-0.3, -0.25) is 9.69 Å². The molecule has 194 valence electrons. The van der Waals surface area contributed by atoms with Gasteiger partial charge in [-0.25, -0.2) is 0 Å². The lowest BCUT2D eigenvalue weighted by molar-refractivity contribution is 0.0940. The summed E-state index contributed by atoms with van der Waals surface area (Å²) < 4.78 is 0. The number of hydrogen-bond donors (Lipinski definition) is 2. The van der Waals surface area contributed by atoms with Crippen molar-refractivity contribution in [1.82, 2.24) is 15.5 Å². The lowest BCUT2D eigenvalue weighted by Crippen LogP contribution is -2.49. The van der Waals surface area contributed by atoms with Crippen molar-refractivity contribution in [2.75, 3.05) is 31.1 Å². The molecule has 1 atom stereocenters. The lowest BCUT2D eigenvalue weighted by Gasteiger charge is -2.38. The van der Waals surface area contributed by atoms with Gasteiger partial charge >= 0.3 is 0 Å². The predicted molar refractivity (Wildman–Crippen MR) is 152 cm³/mol. The number of piperidine rings is 2. The summed E-state index contributed by atoms with van der Waals surface area (Å²) in [6.07, 6.45) is 4.81. The number of anilines is 1. The third kappa shape index (κ3) is 7.00. The fraction of sp³-hybridized carbons (Fsp3) is 0.406. The Morgan fingerprint density at radius 3 is 1.97 bits per heavy atom. The molecule has 1 amide bonds. The van der Waals surface area contributed by atoms with E-state index in [2.05, 4.69) is 62.9 Å². The van der Waals surface area contributed by atoms with Gasteiger partial charge in [-0.05, 0) is 81.1 Å². The Balaban J connectivity index is 1.04. The molecule has 2 fully saturated rings. The second-order valence-corrected chi connectivity index (χ2v) is 10.6. The van der Waals surface area contributed by atoms with Crippen LogP contribution in [0.1, 0.15) is 60.1 Å². The summed E-state index contributed by atoms with van der Waals surface area (Å²) in [4.78, 5) is 17.8. The third-order valence-corrected chi connectivity index (χ3v) is 7.94. The highest BCUT2D eigenvalue weighted by atomic mass is 16.1. The Hall–Kier alpha value is -3.15. The molecule has 0 aliphatic carbocycles. The van der Waals surface area contributed by atoms with Crippen LogP contribution in [0.4, 0.5) is 5.69 Å². The first-order valence-corrected chi connectivity index (χ1v) is 13.9. The molecule has 0 saturated carbocycles. The van der Waals surface area contributed by atoms with Gasteiger partial charge in [0.2, 0.25) is 0 Å². The highest BCUT2D eigenvalue weighted by molar-refractivity contribution is 5.94. The first kappa shape index (κ1) is 25.5. The SMILES string of the molecule is C[C@H](NC(=O)c1ccc(N2CCC(NC3CCN(Cc4ccccc4)CC3)CC2)cc1)c1ccccc1. The van der Waals surface area contributed by atoms with Crippen molar-refractivity contribution in [3.05, 3.63) is 102 Å². The monoisotopic (exact) mass is 496 g/mol. The van der Waals surface area contributed by atoms with Crippen LogP contribution < -0.4 is 15.5 Å².